The molecule has 2 N–H and O–H groups in total. The van der Waals surface area contributed by atoms with Crippen molar-refractivity contribution in [3.63, 3.8) is 0 Å². The highest BCUT2D eigenvalue weighted by Gasteiger charge is 1.81. The van der Waals surface area contributed by atoms with E-state index in [2.05, 4.69) is 4.98 Å². The molecule has 0 fully saturated rings. The van der Waals surface area contributed by atoms with E-state index in [1.807, 2.05) is 18.3 Å². The Bertz CT molecular complexity index is 121. The lowest BCUT2D eigenvalue weighted by molar-refractivity contribution is 0.977. The van der Waals surface area contributed by atoms with Gasteiger partial charge in [0.05, 0.1) is 6.54 Å². The quantitative estimate of drug-likeness (QED) is 0.536. The van der Waals surface area contributed by atoms with Crippen molar-refractivity contribution in [2.75, 3.05) is 0 Å². The number of aromatic nitrogens is 1. The van der Waals surface area contributed by atoms with Crippen LogP contribution in [-0.2, 0) is 6.54 Å². The van der Waals surface area contributed by atoms with Crippen molar-refractivity contribution in [1.29, 1.82) is 0 Å². The maximum absolute atomic E-state index is 6.83. The maximum Gasteiger partial charge on any atom is 0.0502 e. The summed E-state index contributed by atoms with van der Waals surface area (Å²) >= 11 is 0. The molecule has 0 aliphatic heterocycles. The lowest BCUT2D eigenvalue weighted by atomic mass is 10.4. The van der Waals surface area contributed by atoms with Crippen LogP contribution in [0.5, 0.6) is 0 Å². The zero-order valence-electron chi connectivity index (χ0n) is 3.94. The summed E-state index contributed by atoms with van der Waals surface area (Å²) in [6.07, 6.45) is 1.82. The highest BCUT2D eigenvalue weighted by Crippen LogP contribution is 1.89. The molecule has 1 radical (unpaired) electrons. The summed E-state index contributed by atoms with van der Waals surface area (Å²) < 4.78 is 0. The standard InChI is InChI=1S/C5H7N2/c6-4-5-2-1-3-7-5/h1-3,6-7H,4H2. The summed E-state index contributed by atoms with van der Waals surface area (Å²) in [5.41, 5.74) is 7.80. The monoisotopic (exact) mass is 95.1 g/mol. The van der Waals surface area contributed by atoms with E-state index in [1.165, 1.54) is 0 Å². The van der Waals surface area contributed by atoms with Crippen molar-refractivity contribution in [3.8, 4) is 0 Å². The molecule has 0 spiro atoms. The average molecular weight is 95.1 g/mol. The van der Waals surface area contributed by atoms with E-state index in [-0.39, 0.29) is 0 Å². The number of H-pyrrole nitrogens is 1. The highest BCUT2D eigenvalue weighted by molar-refractivity contribution is 5.01. The molecule has 7 heavy (non-hydrogen) atoms. The summed E-state index contributed by atoms with van der Waals surface area (Å²) in [5, 5.41) is 0. The van der Waals surface area contributed by atoms with Gasteiger partial charge in [-0.3, -0.25) is 5.73 Å². The van der Waals surface area contributed by atoms with Crippen molar-refractivity contribution in [2.45, 2.75) is 6.54 Å². The second-order valence-electron chi connectivity index (χ2n) is 1.37. The van der Waals surface area contributed by atoms with E-state index in [0.717, 1.165) is 5.69 Å². The van der Waals surface area contributed by atoms with Gasteiger partial charge in [0.25, 0.3) is 0 Å². The molecule has 0 atom stereocenters. The van der Waals surface area contributed by atoms with Gasteiger partial charge in [0, 0.05) is 11.9 Å². The van der Waals surface area contributed by atoms with Crippen LogP contribution in [0.25, 0.3) is 0 Å². The maximum atomic E-state index is 6.83. The summed E-state index contributed by atoms with van der Waals surface area (Å²) in [6, 6.07) is 3.79. The van der Waals surface area contributed by atoms with Crippen molar-refractivity contribution < 1.29 is 0 Å². The molecule has 0 amide bonds. The zero-order chi connectivity index (χ0) is 5.11. The Hall–Kier alpha value is -0.760. The van der Waals surface area contributed by atoms with Crippen LogP contribution in [-0.4, -0.2) is 4.98 Å². The topological polar surface area (TPSA) is 39.6 Å². The molecule has 0 aliphatic carbocycles. The third-order valence-electron chi connectivity index (χ3n) is 0.853. The SMILES string of the molecule is [NH]Cc1ccc[nH]1. The molecular formula is C5H7N2. The molecule has 1 rings (SSSR count). The average Bonchev–Trinajstić information content (AvgIpc) is 2.14. The van der Waals surface area contributed by atoms with E-state index >= 15 is 0 Å². The Morgan fingerprint density at radius 1 is 1.71 bits per heavy atom. The van der Waals surface area contributed by atoms with Crippen LogP contribution in [0.1, 0.15) is 5.69 Å². The van der Waals surface area contributed by atoms with Gasteiger partial charge in [-0.2, -0.15) is 0 Å². The van der Waals surface area contributed by atoms with Gasteiger partial charge in [-0.25, -0.2) is 0 Å². The van der Waals surface area contributed by atoms with E-state index in [4.69, 9.17) is 5.73 Å². The molecule has 0 aromatic carbocycles. The van der Waals surface area contributed by atoms with Crippen molar-refractivity contribution in [3.05, 3.63) is 24.0 Å². The lowest BCUT2D eigenvalue weighted by Gasteiger charge is -1.80. The first-order valence-corrected chi connectivity index (χ1v) is 2.20. The zero-order valence-corrected chi connectivity index (χ0v) is 3.94. The van der Waals surface area contributed by atoms with Crippen LogP contribution in [0.2, 0.25) is 0 Å². The van der Waals surface area contributed by atoms with Crippen LogP contribution in [0, 0.1) is 0 Å². The predicted molar refractivity (Wildman–Crippen MR) is 27.6 cm³/mol. The molecule has 37 valence electrons. The Morgan fingerprint density at radius 2 is 2.57 bits per heavy atom. The van der Waals surface area contributed by atoms with Crippen LogP contribution >= 0.6 is 0 Å². The second kappa shape index (κ2) is 1.80. The molecule has 2 heteroatoms. The first kappa shape index (κ1) is 4.40. The third kappa shape index (κ3) is 0.810. The normalized spacial score (nSPS) is 9.29. The number of aromatic amines is 1. The molecule has 1 aromatic rings. The Balaban J connectivity index is 2.76. The van der Waals surface area contributed by atoms with Crippen LogP contribution < -0.4 is 5.73 Å². The van der Waals surface area contributed by atoms with E-state index in [0.29, 0.717) is 6.54 Å². The molecular weight excluding hydrogens is 88.1 g/mol. The fourth-order valence-electron chi connectivity index (χ4n) is 0.477. The predicted octanol–water partition coefficient (Wildman–Crippen LogP) is 0.798. The van der Waals surface area contributed by atoms with Gasteiger partial charge >= 0.3 is 0 Å². The van der Waals surface area contributed by atoms with Crippen LogP contribution in [0.3, 0.4) is 0 Å². The van der Waals surface area contributed by atoms with E-state index in [9.17, 15) is 0 Å². The third-order valence-corrected chi connectivity index (χ3v) is 0.853. The smallest absolute Gasteiger partial charge is 0.0502 e. The Kier molecular flexibility index (Phi) is 1.13. The number of hydrogen-bond acceptors (Lipinski definition) is 0. The number of hydrogen-bond donors (Lipinski definition) is 1. The number of nitrogens with one attached hydrogen (secondary N) is 2. The molecule has 1 heterocycles. The molecule has 0 bridgehead atoms. The number of rotatable bonds is 1. The first-order valence-electron chi connectivity index (χ1n) is 2.20. The first-order chi connectivity index (χ1) is 3.43. The van der Waals surface area contributed by atoms with Crippen LogP contribution in [0.4, 0.5) is 0 Å². The molecule has 1 aromatic heterocycles. The van der Waals surface area contributed by atoms with Gasteiger partial charge in [-0.15, -0.1) is 0 Å². The van der Waals surface area contributed by atoms with Gasteiger partial charge in [-0.05, 0) is 12.1 Å². The van der Waals surface area contributed by atoms with Crippen LogP contribution in [0.15, 0.2) is 18.3 Å². The Labute approximate surface area is 42.3 Å². The van der Waals surface area contributed by atoms with Gasteiger partial charge in [-0.1, -0.05) is 0 Å². The summed E-state index contributed by atoms with van der Waals surface area (Å²) in [5.74, 6) is 0. The highest BCUT2D eigenvalue weighted by atomic mass is 14.7. The van der Waals surface area contributed by atoms with Gasteiger partial charge in [0.1, 0.15) is 0 Å². The summed E-state index contributed by atoms with van der Waals surface area (Å²) in [7, 11) is 0. The lowest BCUT2D eigenvalue weighted by Crippen LogP contribution is -1.80. The van der Waals surface area contributed by atoms with Crippen molar-refractivity contribution >= 4 is 0 Å². The molecule has 0 saturated carbocycles. The van der Waals surface area contributed by atoms with Crippen molar-refractivity contribution in [2.24, 2.45) is 0 Å². The van der Waals surface area contributed by atoms with Gasteiger partial charge in [0.2, 0.25) is 0 Å². The largest absolute Gasteiger partial charge is 0.364 e. The minimum atomic E-state index is 0.354. The van der Waals surface area contributed by atoms with Gasteiger partial charge in [0.15, 0.2) is 0 Å². The molecule has 0 unspecified atom stereocenters. The van der Waals surface area contributed by atoms with Crippen molar-refractivity contribution in [1.82, 2.24) is 10.7 Å². The summed E-state index contributed by atoms with van der Waals surface area (Å²) in [4.78, 5) is 2.90. The fraction of sp³-hybridized carbons (Fsp3) is 0.200. The van der Waals surface area contributed by atoms with Gasteiger partial charge < -0.3 is 4.98 Å². The molecule has 0 saturated heterocycles. The molecule has 0 aliphatic rings. The second-order valence-corrected chi connectivity index (χ2v) is 1.37. The van der Waals surface area contributed by atoms with E-state index < -0.39 is 0 Å². The Morgan fingerprint density at radius 3 is 2.86 bits per heavy atom. The molecule has 2 nitrogen and oxygen atoms in total. The minimum Gasteiger partial charge on any atom is -0.364 e. The van der Waals surface area contributed by atoms with E-state index in [1.54, 1.807) is 0 Å². The fourth-order valence-corrected chi connectivity index (χ4v) is 0.477. The summed E-state index contributed by atoms with van der Waals surface area (Å²) in [6.45, 7) is 0.354. The minimum absolute atomic E-state index is 0.354.